The number of nitrogens with zero attached hydrogens (tertiary/aromatic N) is 4. The van der Waals surface area contributed by atoms with Crippen LogP contribution in [0.15, 0.2) is 42.9 Å². The van der Waals surface area contributed by atoms with Crippen LogP contribution in [0.4, 0.5) is 0 Å². The molecule has 5 heteroatoms. The molecule has 3 aromatic heterocycles. The first-order valence-electron chi connectivity index (χ1n) is 6.23. The van der Waals surface area contributed by atoms with E-state index in [-0.39, 0.29) is 0 Å². The van der Waals surface area contributed by atoms with Crippen molar-refractivity contribution in [3.63, 3.8) is 0 Å². The number of hydrogen-bond acceptors (Lipinski definition) is 4. The maximum atomic E-state index is 4.18. The maximum absolute atomic E-state index is 4.18. The summed E-state index contributed by atoms with van der Waals surface area (Å²) in [6.07, 6.45) is 5.68. The molecule has 0 aliphatic rings. The summed E-state index contributed by atoms with van der Waals surface area (Å²) in [6.45, 7) is 3.55. The second-order valence-electron chi connectivity index (χ2n) is 4.45. The van der Waals surface area contributed by atoms with E-state index in [9.17, 15) is 0 Å². The Morgan fingerprint density at radius 3 is 3.00 bits per heavy atom. The first-order chi connectivity index (χ1) is 9.34. The number of aromatic nitrogens is 4. The van der Waals surface area contributed by atoms with E-state index < -0.39 is 0 Å². The molecule has 0 aliphatic carbocycles. The van der Waals surface area contributed by atoms with Crippen molar-refractivity contribution in [2.45, 2.75) is 20.0 Å². The second kappa shape index (κ2) is 5.16. The van der Waals surface area contributed by atoms with Gasteiger partial charge in [0, 0.05) is 25.1 Å². The molecule has 96 valence electrons. The number of hydrogen-bond donors (Lipinski definition) is 1. The van der Waals surface area contributed by atoms with E-state index in [0.29, 0.717) is 6.54 Å². The zero-order chi connectivity index (χ0) is 13.1. The Balaban J connectivity index is 1.68. The van der Waals surface area contributed by atoms with Crippen LogP contribution in [0.1, 0.15) is 17.0 Å². The average Bonchev–Trinajstić information content (AvgIpc) is 2.85. The predicted octanol–water partition coefficient (Wildman–Crippen LogP) is 1.72. The van der Waals surface area contributed by atoms with Gasteiger partial charge in [-0.3, -0.25) is 9.38 Å². The summed E-state index contributed by atoms with van der Waals surface area (Å²) < 4.78 is 1.99. The number of nitrogens with one attached hydrogen (secondary N) is 1. The molecule has 0 saturated heterocycles. The zero-order valence-electron chi connectivity index (χ0n) is 10.7. The summed E-state index contributed by atoms with van der Waals surface area (Å²) >= 11 is 0. The SMILES string of the molecule is Cc1ccncc1CNCc1nnc2ccccn12. The van der Waals surface area contributed by atoms with E-state index in [1.807, 2.05) is 47.3 Å². The quantitative estimate of drug-likeness (QED) is 0.769. The van der Waals surface area contributed by atoms with Crippen molar-refractivity contribution >= 4 is 5.65 Å². The summed E-state index contributed by atoms with van der Waals surface area (Å²) in [5, 5.41) is 11.7. The van der Waals surface area contributed by atoms with Gasteiger partial charge in [-0.25, -0.2) is 0 Å². The lowest BCUT2D eigenvalue weighted by Gasteiger charge is -2.06. The van der Waals surface area contributed by atoms with E-state index in [1.54, 1.807) is 0 Å². The van der Waals surface area contributed by atoms with Crippen LogP contribution < -0.4 is 5.32 Å². The molecular weight excluding hydrogens is 238 g/mol. The molecule has 0 radical (unpaired) electrons. The molecule has 0 aliphatic heterocycles. The molecule has 0 spiro atoms. The van der Waals surface area contributed by atoms with Crippen LogP contribution in [0.5, 0.6) is 0 Å². The molecule has 3 rings (SSSR count). The fourth-order valence-corrected chi connectivity index (χ4v) is 2.00. The Bertz CT molecular complexity index is 689. The fourth-order valence-electron chi connectivity index (χ4n) is 2.00. The molecule has 0 atom stereocenters. The monoisotopic (exact) mass is 253 g/mol. The lowest BCUT2D eigenvalue weighted by atomic mass is 10.1. The summed E-state index contributed by atoms with van der Waals surface area (Å²) in [7, 11) is 0. The Morgan fingerprint density at radius 2 is 2.11 bits per heavy atom. The third-order valence-corrected chi connectivity index (χ3v) is 3.13. The highest BCUT2D eigenvalue weighted by molar-refractivity contribution is 5.36. The number of fused-ring (bicyclic) bond motifs is 1. The topological polar surface area (TPSA) is 55.1 Å². The molecule has 19 heavy (non-hydrogen) atoms. The highest BCUT2D eigenvalue weighted by Crippen LogP contribution is 2.06. The standard InChI is InChI=1S/C14H15N5/c1-11-5-6-15-8-12(11)9-16-10-14-18-17-13-4-2-3-7-19(13)14/h2-8,16H,9-10H2,1H3. The lowest BCUT2D eigenvalue weighted by molar-refractivity contribution is 0.653. The number of aryl methyl sites for hydroxylation is 1. The van der Waals surface area contributed by atoms with Gasteiger partial charge in [-0.2, -0.15) is 0 Å². The van der Waals surface area contributed by atoms with Crippen molar-refractivity contribution in [3.8, 4) is 0 Å². The maximum Gasteiger partial charge on any atom is 0.160 e. The molecule has 5 nitrogen and oxygen atoms in total. The third-order valence-electron chi connectivity index (χ3n) is 3.13. The molecule has 0 saturated carbocycles. The minimum Gasteiger partial charge on any atom is -0.306 e. The van der Waals surface area contributed by atoms with Crippen LogP contribution in [-0.4, -0.2) is 19.6 Å². The minimum atomic E-state index is 0.680. The summed E-state index contributed by atoms with van der Waals surface area (Å²) in [5.41, 5.74) is 3.32. The van der Waals surface area contributed by atoms with Crippen molar-refractivity contribution < 1.29 is 0 Å². The van der Waals surface area contributed by atoms with Gasteiger partial charge in [0.15, 0.2) is 11.5 Å². The van der Waals surface area contributed by atoms with Crippen LogP contribution in [0, 0.1) is 6.92 Å². The van der Waals surface area contributed by atoms with Crippen LogP contribution in [0.3, 0.4) is 0 Å². The first kappa shape index (κ1) is 11.8. The largest absolute Gasteiger partial charge is 0.306 e. The fraction of sp³-hybridized carbons (Fsp3) is 0.214. The summed E-state index contributed by atoms with van der Waals surface area (Å²) in [6, 6.07) is 7.90. The van der Waals surface area contributed by atoms with Gasteiger partial charge in [0.2, 0.25) is 0 Å². The van der Waals surface area contributed by atoms with E-state index >= 15 is 0 Å². The predicted molar refractivity (Wildman–Crippen MR) is 72.5 cm³/mol. The highest BCUT2D eigenvalue weighted by Gasteiger charge is 2.04. The third kappa shape index (κ3) is 2.46. The van der Waals surface area contributed by atoms with Crippen LogP contribution in [0.25, 0.3) is 5.65 Å². The van der Waals surface area contributed by atoms with E-state index in [0.717, 1.165) is 18.0 Å². The molecule has 0 bridgehead atoms. The molecule has 0 unspecified atom stereocenters. The second-order valence-corrected chi connectivity index (χ2v) is 4.45. The van der Waals surface area contributed by atoms with Gasteiger partial charge in [0.05, 0.1) is 6.54 Å². The highest BCUT2D eigenvalue weighted by atomic mass is 15.3. The van der Waals surface area contributed by atoms with E-state index in [1.165, 1.54) is 11.1 Å². The number of pyridine rings is 2. The Labute approximate surface area is 111 Å². The normalized spacial score (nSPS) is 11.0. The van der Waals surface area contributed by atoms with Crippen molar-refractivity contribution in [1.29, 1.82) is 0 Å². The van der Waals surface area contributed by atoms with E-state index in [2.05, 4.69) is 27.4 Å². The van der Waals surface area contributed by atoms with E-state index in [4.69, 9.17) is 0 Å². The molecule has 3 heterocycles. The van der Waals surface area contributed by atoms with Crippen LogP contribution in [0.2, 0.25) is 0 Å². The van der Waals surface area contributed by atoms with Crippen molar-refractivity contribution in [2.24, 2.45) is 0 Å². The zero-order valence-corrected chi connectivity index (χ0v) is 10.7. The average molecular weight is 253 g/mol. The summed E-state index contributed by atoms with van der Waals surface area (Å²) in [4.78, 5) is 4.14. The Morgan fingerprint density at radius 1 is 1.16 bits per heavy atom. The minimum absolute atomic E-state index is 0.680. The van der Waals surface area contributed by atoms with Crippen molar-refractivity contribution in [1.82, 2.24) is 24.9 Å². The smallest absolute Gasteiger partial charge is 0.160 e. The number of rotatable bonds is 4. The lowest BCUT2D eigenvalue weighted by Crippen LogP contribution is -2.15. The first-order valence-corrected chi connectivity index (χ1v) is 6.23. The van der Waals surface area contributed by atoms with Gasteiger partial charge in [-0.05, 0) is 36.2 Å². The van der Waals surface area contributed by atoms with Gasteiger partial charge in [0.1, 0.15) is 0 Å². The molecule has 0 fully saturated rings. The van der Waals surface area contributed by atoms with Gasteiger partial charge in [-0.15, -0.1) is 10.2 Å². The Kier molecular flexibility index (Phi) is 3.20. The van der Waals surface area contributed by atoms with Crippen LogP contribution >= 0.6 is 0 Å². The molecule has 3 aromatic rings. The van der Waals surface area contributed by atoms with Crippen LogP contribution in [-0.2, 0) is 13.1 Å². The Hall–Kier alpha value is -2.27. The molecular formula is C14H15N5. The van der Waals surface area contributed by atoms with Gasteiger partial charge >= 0.3 is 0 Å². The van der Waals surface area contributed by atoms with Gasteiger partial charge in [0.25, 0.3) is 0 Å². The van der Waals surface area contributed by atoms with Gasteiger partial charge in [-0.1, -0.05) is 6.07 Å². The summed E-state index contributed by atoms with van der Waals surface area (Å²) in [5.74, 6) is 0.914. The molecule has 0 aromatic carbocycles. The molecule has 1 N–H and O–H groups in total. The molecule has 0 amide bonds. The van der Waals surface area contributed by atoms with Crippen molar-refractivity contribution in [2.75, 3.05) is 0 Å². The van der Waals surface area contributed by atoms with Gasteiger partial charge < -0.3 is 5.32 Å². The van der Waals surface area contributed by atoms with Crippen molar-refractivity contribution in [3.05, 3.63) is 59.8 Å².